The lowest BCUT2D eigenvalue weighted by atomic mass is 10.3. The van der Waals surface area contributed by atoms with Gasteiger partial charge in [0, 0.05) is 12.5 Å². The maximum atomic E-state index is 11.2. The first kappa shape index (κ1) is 10.5. The first-order chi connectivity index (χ1) is 6.34. The zero-order valence-corrected chi connectivity index (χ0v) is 8.08. The Kier molecular flexibility index (Phi) is 2.43. The summed E-state index contributed by atoms with van der Waals surface area (Å²) in [6.07, 6.45) is 2.03. The van der Waals surface area contributed by atoms with Crippen molar-refractivity contribution in [2.75, 3.05) is 12.0 Å². The molecule has 14 heavy (non-hydrogen) atoms. The van der Waals surface area contributed by atoms with Gasteiger partial charge in [-0.25, -0.2) is 18.2 Å². The Hall–Kier alpha value is -1.63. The Balaban J connectivity index is 3.62. The molecule has 0 aliphatic heterocycles. The normalized spacial score (nSPS) is 11.2. The molecule has 1 aromatic heterocycles. The van der Waals surface area contributed by atoms with Crippen LogP contribution in [0.1, 0.15) is 10.5 Å². The molecule has 0 spiro atoms. The summed E-state index contributed by atoms with van der Waals surface area (Å²) in [5.41, 5.74) is 4.70. The van der Waals surface area contributed by atoms with E-state index in [9.17, 15) is 13.2 Å². The maximum Gasteiger partial charge on any atom is 0.355 e. The molecule has 0 amide bonds. The van der Waals surface area contributed by atoms with Crippen molar-refractivity contribution in [1.82, 2.24) is 4.98 Å². The van der Waals surface area contributed by atoms with Crippen LogP contribution in [0.25, 0.3) is 0 Å². The highest BCUT2D eigenvalue weighted by Crippen LogP contribution is 2.20. The highest BCUT2D eigenvalue weighted by Gasteiger charge is 2.22. The van der Waals surface area contributed by atoms with Crippen molar-refractivity contribution >= 4 is 21.5 Å². The molecule has 0 fully saturated rings. The summed E-state index contributed by atoms with van der Waals surface area (Å²) in [5, 5.41) is 8.67. The summed E-state index contributed by atoms with van der Waals surface area (Å²) in [6.45, 7) is 0. The van der Waals surface area contributed by atoms with Crippen LogP contribution < -0.4 is 5.73 Å². The summed E-state index contributed by atoms with van der Waals surface area (Å²) in [7, 11) is -3.68. The van der Waals surface area contributed by atoms with Crippen LogP contribution in [0.4, 0.5) is 5.69 Å². The van der Waals surface area contributed by atoms with E-state index in [1.807, 2.05) is 0 Å². The molecule has 0 radical (unpaired) electrons. The Morgan fingerprint density at radius 2 is 2.14 bits per heavy atom. The van der Waals surface area contributed by atoms with Crippen molar-refractivity contribution < 1.29 is 18.3 Å². The number of anilines is 1. The van der Waals surface area contributed by atoms with Gasteiger partial charge in [0.1, 0.15) is 4.90 Å². The minimum atomic E-state index is -3.68. The van der Waals surface area contributed by atoms with Gasteiger partial charge < -0.3 is 10.8 Å². The summed E-state index contributed by atoms with van der Waals surface area (Å²) in [6, 6.07) is 1.24. The second kappa shape index (κ2) is 3.26. The van der Waals surface area contributed by atoms with Crippen LogP contribution >= 0.6 is 0 Å². The molecule has 0 saturated carbocycles. The van der Waals surface area contributed by atoms with Gasteiger partial charge in [-0.15, -0.1) is 0 Å². The first-order valence-electron chi connectivity index (χ1n) is 3.52. The third-order valence-corrected chi connectivity index (χ3v) is 2.68. The number of sulfone groups is 1. The molecule has 76 valence electrons. The molecule has 0 aliphatic carbocycles. The number of nitrogens with zero attached hydrogens (tertiary/aromatic N) is 1. The van der Waals surface area contributed by atoms with Gasteiger partial charge in [0.05, 0.1) is 5.69 Å². The number of carboxylic acid groups (broad SMARTS) is 1. The molecular formula is C7H8N2O4S. The molecule has 0 aromatic carbocycles. The molecule has 0 bridgehead atoms. The molecule has 3 N–H and O–H groups in total. The van der Waals surface area contributed by atoms with E-state index in [1.165, 1.54) is 6.07 Å². The summed E-state index contributed by atoms with van der Waals surface area (Å²) >= 11 is 0. The van der Waals surface area contributed by atoms with Gasteiger partial charge in [-0.2, -0.15) is 0 Å². The number of carboxylic acids is 1. The van der Waals surface area contributed by atoms with E-state index in [0.29, 0.717) is 0 Å². The smallest absolute Gasteiger partial charge is 0.355 e. The lowest BCUT2D eigenvalue weighted by Gasteiger charge is -2.05. The average molecular weight is 216 g/mol. The van der Waals surface area contributed by atoms with Crippen LogP contribution in [0.15, 0.2) is 17.2 Å². The van der Waals surface area contributed by atoms with Gasteiger partial charge in [-0.1, -0.05) is 0 Å². The molecule has 0 saturated heterocycles. The zero-order chi connectivity index (χ0) is 10.9. The van der Waals surface area contributed by atoms with E-state index < -0.39 is 26.4 Å². The van der Waals surface area contributed by atoms with Crippen molar-refractivity contribution in [3.63, 3.8) is 0 Å². The van der Waals surface area contributed by atoms with E-state index in [1.54, 1.807) is 0 Å². The number of nitrogens with two attached hydrogens (primary N) is 1. The second-order valence-corrected chi connectivity index (χ2v) is 4.61. The molecule has 7 heteroatoms. The summed E-state index contributed by atoms with van der Waals surface area (Å²) in [5.74, 6) is -1.42. The van der Waals surface area contributed by atoms with Gasteiger partial charge in [-0.3, -0.25) is 0 Å². The largest absolute Gasteiger partial charge is 0.476 e. The molecule has 1 rings (SSSR count). The predicted octanol–water partition coefficient (Wildman–Crippen LogP) is -0.234. The number of pyridine rings is 1. The molecule has 1 aromatic rings. The number of hydrogen-bond acceptors (Lipinski definition) is 5. The van der Waals surface area contributed by atoms with Crippen molar-refractivity contribution in [3.8, 4) is 0 Å². The molecule has 6 nitrogen and oxygen atoms in total. The SMILES string of the molecule is CS(=O)(=O)c1c(N)ccnc1C(=O)O. The number of nitrogen functional groups attached to an aromatic ring is 1. The van der Waals surface area contributed by atoms with E-state index >= 15 is 0 Å². The number of aromatic carboxylic acids is 1. The number of rotatable bonds is 2. The summed E-state index contributed by atoms with van der Waals surface area (Å²) in [4.78, 5) is 13.6. The minimum Gasteiger partial charge on any atom is -0.476 e. The van der Waals surface area contributed by atoms with E-state index in [4.69, 9.17) is 10.8 Å². The molecular weight excluding hydrogens is 208 g/mol. The first-order valence-corrected chi connectivity index (χ1v) is 5.41. The third kappa shape index (κ3) is 1.82. The van der Waals surface area contributed by atoms with Crippen LogP contribution in [0, 0.1) is 0 Å². The zero-order valence-electron chi connectivity index (χ0n) is 7.26. The van der Waals surface area contributed by atoms with E-state index in [0.717, 1.165) is 12.5 Å². The van der Waals surface area contributed by atoms with Crippen molar-refractivity contribution in [3.05, 3.63) is 18.0 Å². The fourth-order valence-electron chi connectivity index (χ4n) is 1.01. The number of aromatic nitrogens is 1. The predicted molar refractivity (Wildman–Crippen MR) is 48.7 cm³/mol. The quantitative estimate of drug-likeness (QED) is 0.706. The van der Waals surface area contributed by atoms with Crippen LogP contribution in [-0.2, 0) is 9.84 Å². The molecule has 0 aliphatic rings. The Bertz CT molecular complexity index is 480. The van der Waals surface area contributed by atoms with Crippen LogP contribution in [0.5, 0.6) is 0 Å². The molecule has 1 heterocycles. The Labute approximate surface area is 80.3 Å². The van der Waals surface area contributed by atoms with Crippen LogP contribution in [0.2, 0.25) is 0 Å². The summed E-state index contributed by atoms with van der Waals surface area (Å²) < 4.78 is 22.4. The van der Waals surface area contributed by atoms with Gasteiger partial charge in [0.2, 0.25) is 0 Å². The van der Waals surface area contributed by atoms with Gasteiger partial charge >= 0.3 is 5.97 Å². The third-order valence-electron chi connectivity index (χ3n) is 1.51. The van der Waals surface area contributed by atoms with E-state index in [2.05, 4.69) is 4.98 Å². The van der Waals surface area contributed by atoms with Crippen molar-refractivity contribution in [1.29, 1.82) is 0 Å². The second-order valence-electron chi connectivity index (χ2n) is 2.66. The monoisotopic (exact) mass is 216 g/mol. The van der Waals surface area contributed by atoms with Crippen LogP contribution in [0.3, 0.4) is 0 Å². The topological polar surface area (TPSA) is 110 Å². The molecule has 0 atom stereocenters. The fourth-order valence-corrected chi connectivity index (χ4v) is 1.99. The lowest BCUT2D eigenvalue weighted by molar-refractivity contribution is 0.0686. The van der Waals surface area contributed by atoms with Crippen molar-refractivity contribution in [2.24, 2.45) is 0 Å². The van der Waals surface area contributed by atoms with Gasteiger partial charge in [0.15, 0.2) is 15.5 Å². The average Bonchev–Trinajstić information content (AvgIpc) is 2.01. The van der Waals surface area contributed by atoms with Crippen LogP contribution in [-0.4, -0.2) is 30.7 Å². The lowest BCUT2D eigenvalue weighted by Crippen LogP contribution is -2.12. The standard InChI is InChI=1S/C7H8N2O4S/c1-14(12,13)6-4(8)2-3-9-5(6)7(10)11/h2-3H,1H3,(H2,8,9)(H,10,11). The minimum absolute atomic E-state index is 0.111. The van der Waals surface area contributed by atoms with Gasteiger partial charge in [-0.05, 0) is 6.07 Å². The molecule has 0 unspecified atom stereocenters. The highest BCUT2D eigenvalue weighted by molar-refractivity contribution is 7.91. The maximum absolute atomic E-state index is 11.2. The Morgan fingerprint density at radius 1 is 1.57 bits per heavy atom. The highest BCUT2D eigenvalue weighted by atomic mass is 32.2. The van der Waals surface area contributed by atoms with Crippen molar-refractivity contribution in [2.45, 2.75) is 4.90 Å². The number of hydrogen-bond donors (Lipinski definition) is 2. The van der Waals surface area contributed by atoms with Gasteiger partial charge in [0.25, 0.3) is 0 Å². The Morgan fingerprint density at radius 3 is 2.50 bits per heavy atom. The number of carbonyl (C=O) groups is 1. The fraction of sp³-hybridized carbons (Fsp3) is 0.143. The van der Waals surface area contributed by atoms with E-state index in [-0.39, 0.29) is 5.69 Å².